The molecule has 0 aliphatic carbocycles. The molecule has 0 unspecified atom stereocenters. The molecule has 3 nitrogen and oxygen atoms in total. The van der Waals surface area contributed by atoms with Crippen molar-refractivity contribution in [3.05, 3.63) is 28.8 Å². The Morgan fingerprint density at radius 1 is 1.41 bits per heavy atom. The maximum absolute atomic E-state index is 6.04. The summed E-state index contributed by atoms with van der Waals surface area (Å²) in [7, 11) is 1.61. The van der Waals surface area contributed by atoms with Gasteiger partial charge in [-0.25, -0.2) is 0 Å². The van der Waals surface area contributed by atoms with E-state index in [1.807, 2.05) is 32.0 Å². The molecule has 0 radical (unpaired) electrons. The Morgan fingerprint density at radius 2 is 2.12 bits per heavy atom. The first-order valence-corrected chi connectivity index (χ1v) is 6.12. The Bertz CT molecular complexity index is 361. The Kier molecular flexibility index (Phi) is 5.25. The molecule has 0 spiro atoms. The molecule has 96 valence electrons. The summed E-state index contributed by atoms with van der Waals surface area (Å²) in [6.45, 7) is 5.74. The van der Waals surface area contributed by atoms with Crippen molar-refractivity contribution < 1.29 is 4.74 Å². The minimum atomic E-state index is -0.120. The van der Waals surface area contributed by atoms with Gasteiger partial charge >= 0.3 is 0 Å². The topological polar surface area (TPSA) is 47.3 Å². The van der Waals surface area contributed by atoms with E-state index in [4.69, 9.17) is 22.1 Å². The Morgan fingerprint density at radius 3 is 2.65 bits per heavy atom. The van der Waals surface area contributed by atoms with E-state index in [0.717, 1.165) is 25.1 Å². The average Bonchev–Trinajstić information content (AvgIpc) is 2.23. The standard InChI is InChI=1S/C13H21ClN2O/c1-13(2,15)6-7-16-9-10-4-5-12(17-3)11(14)8-10/h4-5,8,16H,6-7,9,15H2,1-3H3. The molecular weight excluding hydrogens is 236 g/mol. The van der Waals surface area contributed by atoms with Gasteiger partial charge in [-0.3, -0.25) is 0 Å². The first-order valence-electron chi connectivity index (χ1n) is 5.74. The first-order chi connectivity index (χ1) is 7.92. The van der Waals surface area contributed by atoms with Crippen LogP contribution in [0.15, 0.2) is 18.2 Å². The average molecular weight is 257 g/mol. The zero-order chi connectivity index (χ0) is 12.9. The molecule has 0 atom stereocenters. The third-order valence-electron chi connectivity index (χ3n) is 2.49. The molecule has 1 aromatic carbocycles. The zero-order valence-corrected chi connectivity index (χ0v) is 11.5. The van der Waals surface area contributed by atoms with Crippen molar-refractivity contribution in [1.82, 2.24) is 5.32 Å². The zero-order valence-electron chi connectivity index (χ0n) is 10.7. The smallest absolute Gasteiger partial charge is 0.137 e. The fraction of sp³-hybridized carbons (Fsp3) is 0.538. The molecule has 1 aromatic rings. The van der Waals surface area contributed by atoms with Gasteiger partial charge in [0.1, 0.15) is 5.75 Å². The summed E-state index contributed by atoms with van der Waals surface area (Å²) < 4.78 is 5.10. The number of halogens is 1. The number of hydrogen-bond donors (Lipinski definition) is 2. The molecule has 0 aliphatic rings. The molecule has 4 heteroatoms. The molecule has 1 rings (SSSR count). The normalized spacial score (nSPS) is 11.6. The Balaban J connectivity index is 2.40. The van der Waals surface area contributed by atoms with Crippen LogP contribution in [0.3, 0.4) is 0 Å². The molecule has 0 saturated carbocycles. The number of methoxy groups -OCH3 is 1. The van der Waals surface area contributed by atoms with Gasteiger partial charge in [0.2, 0.25) is 0 Å². The lowest BCUT2D eigenvalue weighted by Crippen LogP contribution is -2.35. The van der Waals surface area contributed by atoms with Gasteiger partial charge in [-0.1, -0.05) is 17.7 Å². The van der Waals surface area contributed by atoms with Crippen LogP contribution in [0.25, 0.3) is 0 Å². The number of nitrogens with one attached hydrogen (secondary N) is 1. The molecule has 0 saturated heterocycles. The maximum Gasteiger partial charge on any atom is 0.137 e. The van der Waals surface area contributed by atoms with Crippen molar-refractivity contribution in [3.63, 3.8) is 0 Å². The third-order valence-corrected chi connectivity index (χ3v) is 2.79. The van der Waals surface area contributed by atoms with Crippen LogP contribution < -0.4 is 15.8 Å². The van der Waals surface area contributed by atoms with Crippen LogP contribution >= 0.6 is 11.6 Å². The predicted octanol–water partition coefficient (Wildman–Crippen LogP) is 2.57. The monoisotopic (exact) mass is 256 g/mol. The van der Waals surface area contributed by atoms with Gasteiger partial charge in [0.25, 0.3) is 0 Å². The van der Waals surface area contributed by atoms with Crippen molar-refractivity contribution in [3.8, 4) is 5.75 Å². The van der Waals surface area contributed by atoms with E-state index in [1.54, 1.807) is 7.11 Å². The van der Waals surface area contributed by atoms with Gasteiger partial charge in [-0.2, -0.15) is 0 Å². The summed E-state index contributed by atoms with van der Waals surface area (Å²) in [5.74, 6) is 0.707. The van der Waals surface area contributed by atoms with Gasteiger partial charge in [0.15, 0.2) is 0 Å². The van der Waals surface area contributed by atoms with E-state index in [9.17, 15) is 0 Å². The van der Waals surface area contributed by atoms with E-state index < -0.39 is 0 Å². The largest absolute Gasteiger partial charge is 0.495 e. The van der Waals surface area contributed by atoms with Gasteiger partial charge in [-0.15, -0.1) is 0 Å². The van der Waals surface area contributed by atoms with E-state index in [1.165, 1.54) is 0 Å². The molecule has 0 heterocycles. The van der Waals surface area contributed by atoms with E-state index in [0.29, 0.717) is 10.8 Å². The highest BCUT2D eigenvalue weighted by Crippen LogP contribution is 2.24. The van der Waals surface area contributed by atoms with Crippen LogP contribution in [0.2, 0.25) is 5.02 Å². The lowest BCUT2D eigenvalue weighted by atomic mass is 10.0. The predicted molar refractivity (Wildman–Crippen MR) is 72.6 cm³/mol. The summed E-state index contributed by atoms with van der Waals surface area (Å²) in [6.07, 6.45) is 0.941. The van der Waals surface area contributed by atoms with Crippen LogP contribution in [0, 0.1) is 0 Å². The number of benzene rings is 1. The molecule has 3 N–H and O–H groups in total. The summed E-state index contributed by atoms with van der Waals surface area (Å²) in [5, 5.41) is 3.99. The maximum atomic E-state index is 6.04. The number of rotatable bonds is 6. The first kappa shape index (κ1) is 14.3. The fourth-order valence-corrected chi connectivity index (χ4v) is 1.74. The van der Waals surface area contributed by atoms with Crippen LogP contribution in [0.5, 0.6) is 5.75 Å². The van der Waals surface area contributed by atoms with Crippen LogP contribution in [-0.2, 0) is 6.54 Å². The van der Waals surface area contributed by atoms with E-state index in [-0.39, 0.29) is 5.54 Å². The van der Waals surface area contributed by atoms with Crippen LogP contribution in [0.1, 0.15) is 25.8 Å². The number of nitrogens with two attached hydrogens (primary N) is 1. The number of ether oxygens (including phenoxy) is 1. The van der Waals surface area contributed by atoms with Gasteiger partial charge in [0.05, 0.1) is 12.1 Å². The molecule has 17 heavy (non-hydrogen) atoms. The highest BCUT2D eigenvalue weighted by atomic mass is 35.5. The Labute approximate surface area is 108 Å². The Hall–Kier alpha value is -0.770. The van der Waals surface area contributed by atoms with Crippen LogP contribution in [0.4, 0.5) is 0 Å². The van der Waals surface area contributed by atoms with Gasteiger partial charge < -0.3 is 15.8 Å². The third kappa shape index (κ3) is 5.39. The van der Waals surface area contributed by atoms with Gasteiger partial charge in [-0.05, 0) is 44.5 Å². The van der Waals surface area contributed by atoms with Gasteiger partial charge in [0, 0.05) is 12.1 Å². The lowest BCUT2D eigenvalue weighted by Gasteiger charge is -2.18. The molecular formula is C13H21ClN2O. The van der Waals surface area contributed by atoms with E-state index in [2.05, 4.69) is 5.32 Å². The molecule has 0 amide bonds. The summed E-state index contributed by atoms with van der Waals surface area (Å²) in [6, 6.07) is 5.80. The molecule has 0 aliphatic heterocycles. The van der Waals surface area contributed by atoms with Crippen molar-refractivity contribution in [2.75, 3.05) is 13.7 Å². The fourth-order valence-electron chi connectivity index (χ4n) is 1.46. The quantitative estimate of drug-likeness (QED) is 0.769. The summed E-state index contributed by atoms with van der Waals surface area (Å²) >= 11 is 6.04. The lowest BCUT2D eigenvalue weighted by molar-refractivity contribution is 0.414. The highest BCUT2D eigenvalue weighted by Gasteiger charge is 2.09. The van der Waals surface area contributed by atoms with Crippen molar-refractivity contribution in [2.24, 2.45) is 5.73 Å². The second-order valence-electron chi connectivity index (χ2n) is 4.88. The second kappa shape index (κ2) is 6.24. The SMILES string of the molecule is COc1ccc(CNCCC(C)(C)N)cc1Cl. The highest BCUT2D eigenvalue weighted by molar-refractivity contribution is 6.32. The summed E-state index contributed by atoms with van der Waals surface area (Å²) in [5.41, 5.74) is 6.92. The minimum absolute atomic E-state index is 0.120. The molecule has 0 fully saturated rings. The molecule has 0 bridgehead atoms. The second-order valence-corrected chi connectivity index (χ2v) is 5.29. The minimum Gasteiger partial charge on any atom is -0.495 e. The van der Waals surface area contributed by atoms with Crippen molar-refractivity contribution in [1.29, 1.82) is 0 Å². The molecule has 0 aromatic heterocycles. The van der Waals surface area contributed by atoms with Crippen LogP contribution in [-0.4, -0.2) is 19.2 Å². The van der Waals surface area contributed by atoms with E-state index >= 15 is 0 Å². The summed E-state index contributed by atoms with van der Waals surface area (Å²) in [4.78, 5) is 0. The number of hydrogen-bond acceptors (Lipinski definition) is 3. The van der Waals surface area contributed by atoms with Crippen molar-refractivity contribution in [2.45, 2.75) is 32.4 Å². The van der Waals surface area contributed by atoms with Crippen molar-refractivity contribution >= 4 is 11.6 Å².